The minimum absolute atomic E-state index is 0.870. The van der Waals surface area contributed by atoms with Gasteiger partial charge in [-0.15, -0.1) is 0 Å². The van der Waals surface area contributed by atoms with E-state index in [-0.39, 0.29) is 0 Å². The number of aryl methyl sites for hydroxylation is 1. The van der Waals surface area contributed by atoms with Gasteiger partial charge in [0.15, 0.2) is 5.96 Å². The third kappa shape index (κ3) is 1.50. The summed E-state index contributed by atoms with van der Waals surface area (Å²) in [5.41, 5.74) is 5.18. The largest absolute Gasteiger partial charge is 0.384 e. The zero-order valence-corrected chi connectivity index (χ0v) is 9.43. The van der Waals surface area contributed by atoms with Gasteiger partial charge in [-0.3, -0.25) is 4.99 Å². The fourth-order valence-electron chi connectivity index (χ4n) is 2.31. The third-order valence-electron chi connectivity index (χ3n) is 3.13. The molecule has 0 bridgehead atoms. The van der Waals surface area contributed by atoms with Crippen molar-refractivity contribution in [3.63, 3.8) is 0 Å². The van der Waals surface area contributed by atoms with E-state index < -0.39 is 0 Å². The Kier molecular flexibility index (Phi) is 2.20. The lowest BCUT2D eigenvalue weighted by molar-refractivity contribution is 0.959. The Labute approximate surface area is 95.2 Å². The fraction of sp³-hybridized carbons (Fsp3) is 0.417. The Morgan fingerprint density at radius 2 is 2.19 bits per heavy atom. The fourth-order valence-corrected chi connectivity index (χ4v) is 2.31. The van der Waals surface area contributed by atoms with Crippen molar-refractivity contribution in [2.45, 2.75) is 13.3 Å². The van der Waals surface area contributed by atoms with E-state index in [1.54, 1.807) is 0 Å². The molecular weight excluding hydrogens is 200 g/mol. The quantitative estimate of drug-likeness (QED) is 0.664. The molecule has 0 spiro atoms. The number of benzene rings is 1. The van der Waals surface area contributed by atoms with E-state index in [0.717, 1.165) is 32.0 Å². The first-order valence-corrected chi connectivity index (χ1v) is 5.76. The SMILES string of the molecule is Cc1ccc(NC2=NCCN2)c2c1NCC2. The van der Waals surface area contributed by atoms with E-state index in [0.29, 0.717) is 0 Å². The molecule has 0 unspecified atom stereocenters. The molecular formula is C12H16N4. The summed E-state index contributed by atoms with van der Waals surface area (Å²) in [6.07, 6.45) is 1.09. The van der Waals surface area contributed by atoms with Crippen molar-refractivity contribution >= 4 is 17.3 Å². The lowest BCUT2D eigenvalue weighted by Gasteiger charge is -2.12. The average Bonchev–Trinajstić information content (AvgIpc) is 2.92. The molecule has 2 heterocycles. The normalized spacial score (nSPS) is 17.4. The number of fused-ring (bicyclic) bond motifs is 1. The maximum atomic E-state index is 4.35. The van der Waals surface area contributed by atoms with Gasteiger partial charge in [0.1, 0.15) is 0 Å². The van der Waals surface area contributed by atoms with Gasteiger partial charge in [-0.25, -0.2) is 0 Å². The van der Waals surface area contributed by atoms with Gasteiger partial charge < -0.3 is 16.0 Å². The summed E-state index contributed by atoms with van der Waals surface area (Å²) < 4.78 is 0. The number of rotatable bonds is 1. The van der Waals surface area contributed by atoms with Gasteiger partial charge in [-0.05, 0) is 25.0 Å². The Hall–Kier alpha value is -1.71. The number of aliphatic imine (C=N–C) groups is 1. The summed E-state index contributed by atoms with van der Waals surface area (Å²) in [5, 5.41) is 10.0. The third-order valence-corrected chi connectivity index (χ3v) is 3.13. The maximum Gasteiger partial charge on any atom is 0.195 e. The molecule has 2 aliphatic rings. The zero-order valence-electron chi connectivity index (χ0n) is 9.43. The molecule has 0 aliphatic carbocycles. The summed E-state index contributed by atoms with van der Waals surface area (Å²) in [7, 11) is 0. The topological polar surface area (TPSA) is 48.5 Å². The van der Waals surface area contributed by atoms with Crippen LogP contribution in [0.4, 0.5) is 11.4 Å². The van der Waals surface area contributed by atoms with Crippen LogP contribution in [-0.2, 0) is 6.42 Å². The molecule has 4 nitrogen and oxygen atoms in total. The smallest absolute Gasteiger partial charge is 0.195 e. The van der Waals surface area contributed by atoms with E-state index in [4.69, 9.17) is 0 Å². The maximum absolute atomic E-state index is 4.35. The Bertz CT molecular complexity index is 451. The predicted octanol–water partition coefficient (Wildman–Crippen LogP) is 1.33. The van der Waals surface area contributed by atoms with E-state index >= 15 is 0 Å². The second kappa shape index (κ2) is 3.70. The molecule has 0 saturated heterocycles. The van der Waals surface area contributed by atoms with Crippen molar-refractivity contribution in [2.75, 3.05) is 30.3 Å². The molecule has 84 valence electrons. The van der Waals surface area contributed by atoms with Crippen molar-refractivity contribution in [3.8, 4) is 0 Å². The lowest BCUT2D eigenvalue weighted by Crippen LogP contribution is -2.26. The van der Waals surface area contributed by atoms with Gasteiger partial charge in [-0.1, -0.05) is 6.07 Å². The standard InChI is InChI=1S/C12H16N4/c1-8-2-3-10(9-4-5-13-11(8)9)16-12-14-6-7-15-12/h2-3,13H,4-7H2,1H3,(H2,14,15,16). The number of anilines is 2. The summed E-state index contributed by atoms with van der Waals surface area (Å²) in [6.45, 7) is 4.99. The second-order valence-electron chi connectivity index (χ2n) is 4.24. The van der Waals surface area contributed by atoms with Gasteiger partial charge in [0.25, 0.3) is 0 Å². The molecule has 0 fully saturated rings. The molecule has 1 aromatic rings. The van der Waals surface area contributed by atoms with E-state index in [9.17, 15) is 0 Å². The van der Waals surface area contributed by atoms with Crippen molar-refractivity contribution in [3.05, 3.63) is 23.3 Å². The summed E-state index contributed by atoms with van der Waals surface area (Å²) >= 11 is 0. The van der Waals surface area contributed by atoms with Crippen LogP contribution in [-0.4, -0.2) is 25.6 Å². The van der Waals surface area contributed by atoms with Crippen molar-refractivity contribution in [2.24, 2.45) is 4.99 Å². The number of nitrogens with zero attached hydrogens (tertiary/aromatic N) is 1. The molecule has 3 rings (SSSR count). The van der Waals surface area contributed by atoms with Gasteiger partial charge in [0.2, 0.25) is 0 Å². The van der Waals surface area contributed by atoms with Crippen molar-refractivity contribution in [1.29, 1.82) is 0 Å². The van der Waals surface area contributed by atoms with Crippen molar-refractivity contribution in [1.82, 2.24) is 5.32 Å². The first-order valence-electron chi connectivity index (χ1n) is 5.76. The first kappa shape index (κ1) is 9.51. The van der Waals surface area contributed by atoms with Gasteiger partial charge in [-0.2, -0.15) is 0 Å². The molecule has 0 amide bonds. The van der Waals surface area contributed by atoms with Crippen LogP contribution in [0.25, 0.3) is 0 Å². The highest BCUT2D eigenvalue weighted by Crippen LogP contribution is 2.32. The van der Waals surface area contributed by atoms with Crippen LogP contribution in [0.2, 0.25) is 0 Å². The molecule has 1 aromatic carbocycles. The van der Waals surface area contributed by atoms with Gasteiger partial charge in [0, 0.05) is 30.0 Å². The van der Waals surface area contributed by atoms with Gasteiger partial charge in [0.05, 0.1) is 6.54 Å². The highest BCUT2D eigenvalue weighted by atomic mass is 15.2. The number of guanidine groups is 1. The molecule has 0 saturated carbocycles. The zero-order chi connectivity index (χ0) is 11.0. The van der Waals surface area contributed by atoms with Crippen LogP contribution in [0.5, 0.6) is 0 Å². The van der Waals surface area contributed by atoms with Crippen LogP contribution >= 0.6 is 0 Å². The Morgan fingerprint density at radius 3 is 3.00 bits per heavy atom. The minimum atomic E-state index is 0.870. The molecule has 2 aliphatic heterocycles. The minimum Gasteiger partial charge on any atom is -0.384 e. The van der Waals surface area contributed by atoms with Crippen LogP contribution < -0.4 is 16.0 Å². The number of hydrogen-bond acceptors (Lipinski definition) is 4. The van der Waals surface area contributed by atoms with Crippen LogP contribution in [0.15, 0.2) is 17.1 Å². The molecule has 16 heavy (non-hydrogen) atoms. The molecule has 0 atom stereocenters. The van der Waals surface area contributed by atoms with Gasteiger partial charge >= 0.3 is 0 Å². The molecule has 3 N–H and O–H groups in total. The second-order valence-corrected chi connectivity index (χ2v) is 4.24. The van der Waals surface area contributed by atoms with Crippen molar-refractivity contribution < 1.29 is 0 Å². The summed E-state index contributed by atoms with van der Waals surface area (Å²) in [6, 6.07) is 4.29. The highest BCUT2D eigenvalue weighted by Gasteiger charge is 2.17. The highest BCUT2D eigenvalue weighted by molar-refractivity contribution is 5.96. The molecule has 0 radical (unpaired) electrons. The van der Waals surface area contributed by atoms with E-state index in [2.05, 4.69) is 40.0 Å². The lowest BCUT2D eigenvalue weighted by atomic mass is 10.1. The number of hydrogen-bond donors (Lipinski definition) is 3. The summed E-state index contributed by atoms with van der Waals surface area (Å²) in [5.74, 6) is 0.901. The average molecular weight is 216 g/mol. The van der Waals surface area contributed by atoms with Crippen LogP contribution in [0, 0.1) is 6.92 Å². The predicted molar refractivity (Wildman–Crippen MR) is 67.3 cm³/mol. The van der Waals surface area contributed by atoms with E-state index in [1.807, 2.05) is 0 Å². The first-order chi connectivity index (χ1) is 7.84. The Morgan fingerprint density at radius 1 is 1.25 bits per heavy atom. The monoisotopic (exact) mass is 216 g/mol. The van der Waals surface area contributed by atoms with Crippen LogP contribution in [0.3, 0.4) is 0 Å². The molecule has 4 heteroatoms. The van der Waals surface area contributed by atoms with Crippen LogP contribution in [0.1, 0.15) is 11.1 Å². The molecule has 0 aromatic heterocycles. The Balaban J connectivity index is 1.93. The number of nitrogens with one attached hydrogen (secondary N) is 3. The van der Waals surface area contributed by atoms with E-state index in [1.165, 1.54) is 22.5 Å². The summed E-state index contributed by atoms with van der Waals surface area (Å²) in [4.78, 5) is 4.35.